The van der Waals surface area contributed by atoms with Crippen LogP contribution in [0.1, 0.15) is 15.9 Å². The number of hydrogen-bond donors (Lipinski definition) is 6. The van der Waals surface area contributed by atoms with Crippen molar-refractivity contribution in [1.29, 1.82) is 0 Å². The van der Waals surface area contributed by atoms with Gasteiger partial charge < -0.3 is 63.8 Å². The zero-order valence-corrected chi connectivity index (χ0v) is 23.1. The molecule has 2 aromatic rings. The second kappa shape index (κ2) is 13.9. The van der Waals surface area contributed by atoms with Gasteiger partial charge in [-0.25, -0.2) is 4.79 Å². The van der Waals surface area contributed by atoms with E-state index in [2.05, 4.69) is 0 Å². The first-order chi connectivity index (χ1) is 20.1. The lowest BCUT2D eigenvalue weighted by Gasteiger charge is -2.40. The fourth-order valence-corrected chi connectivity index (χ4v) is 4.50. The first kappa shape index (κ1) is 31.9. The molecule has 14 heteroatoms. The van der Waals surface area contributed by atoms with Crippen LogP contribution in [0.4, 0.5) is 0 Å². The molecule has 0 spiro atoms. The minimum atomic E-state index is -2.00. The Hall–Kier alpha value is -3.05. The molecule has 8 atom stereocenters. The van der Waals surface area contributed by atoms with Crippen LogP contribution in [0.3, 0.4) is 0 Å². The number of hydrogen-bond acceptors (Lipinski definition) is 14. The molecule has 2 aliphatic heterocycles. The third-order valence-electron chi connectivity index (χ3n) is 7.08. The van der Waals surface area contributed by atoms with Crippen LogP contribution in [0.15, 0.2) is 42.5 Å². The van der Waals surface area contributed by atoms with E-state index in [1.807, 2.05) is 0 Å². The average molecular weight is 597 g/mol. The number of aromatic hydroxyl groups is 1. The summed E-state index contributed by atoms with van der Waals surface area (Å²) >= 11 is 0. The van der Waals surface area contributed by atoms with E-state index in [9.17, 15) is 35.4 Å². The third kappa shape index (κ3) is 7.29. The molecular weight excluding hydrogens is 560 g/mol. The monoisotopic (exact) mass is 596 g/mol. The van der Waals surface area contributed by atoms with Crippen LogP contribution in [0, 0.1) is 0 Å². The van der Waals surface area contributed by atoms with Gasteiger partial charge in [0.2, 0.25) is 0 Å². The van der Waals surface area contributed by atoms with Gasteiger partial charge in [-0.05, 0) is 42.3 Å². The number of esters is 1. The Labute approximate surface area is 241 Å². The zero-order valence-electron chi connectivity index (χ0n) is 23.1. The van der Waals surface area contributed by atoms with E-state index in [4.69, 9.17) is 33.2 Å². The normalized spacial score (nSPS) is 31.1. The van der Waals surface area contributed by atoms with Gasteiger partial charge in [0.1, 0.15) is 42.9 Å². The van der Waals surface area contributed by atoms with Gasteiger partial charge in [-0.15, -0.1) is 0 Å². The van der Waals surface area contributed by atoms with Crippen molar-refractivity contribution in [3.05, 3.63) is 53.6 Å². The molecule has 14 nitrogen and oxygen atoms in total. The quantitative estimate of drug-likeness (QED) is 0.164. The van der Waals surface area contributed by atoms with E-state index < -0.39 is 74.5 Å². The van der Waals surface area contributed by atoms with E-state index >= 15 is 0 Å². The highest BCUT2D eigenvalue weighted by Gasteiger charge is 2.51. The summed E-state index contributed by atoms with van der Waals surface area (Å²) in [6.07, 6.45) is -9.82. The predicted octanol–water partition coefficient (Wildman–Crippen LogP) is -0.902. The molecular formula is C28H36O14. The van der Waals surface area contributed by atoms with Crippen LogP contribution in [0.2, 0.25) is 0 Å². The molecule has 0 aromatic heterocycles. The number of carbonyl (C=O) groups excluding carboxylic acids is 1. The Balaban J connectivity index is 1.27. The number of phenolic OH excluding ortho intramolecular Hbond substituents is 1. The maximum Gasteiger partial charge on any atom is 0.338 e. The summed E-state index contributed by atoms with van der Waals surface area (Å²) in [4.78, 5) is 12.5. The zero-order chi connectivity index (χ0) is 30.4. The standard InChI is InChI=1S/C28H36O14/c1-36-18-8-5-16(11-19(18)37-2)25(34)40-13-28(35)14-41-27(24(28)33)39-12-20-21(30)22(31)23(32)26(42-20)38-10-9-15-3-6-17(29)7-4-15/h3-8,11,20-24,26-27,29-33,35H,9-10,12-14H2,1-2H3/t20-,21-,22+,23+,24-,26-,27+,28+/m0/s1. The van der Waals surface area contributed by atoms with Gasteiger partial charge >= 0.3 is 5.97 Å². The van der Waals surface area contributed by atoms with Gasteiger partial charge in [0.15, 0.2) is 29.7 Å². The number of phenols is 1. The summed E-state index contributed by atoms with van der Waals surface area (Å²) in [5.41, 5.74) is -1.02. The number of methoxy groups -OCH3 is 2. The first-order valence-corrected chi connectivity index (χ1v) is 13.2. The van der Waals surface area contributed by atoms with Gasteiger partial charge in [0, 0.05) is 0 Å². The largest absolute Gasteiger partial charge is 0.508 e. The number of ether oxygens (including phenoxy) is 7. The van der Waals surface area contributed by atoms with Crippen molar-refractivity contribution < 1.29 is 68.6 Å². The molecule has 0 saturated carbocycles. The lowest BCUT2D eigenvalue weighted by atomic mass is 9.99. The summed E-state index contributed by atoms with van der Waals surface area (Å²) < 4.78 is 37.6. The molecule has 2 fully saturated rings. The summed E-state index contributed by atoms with van der Waals surface area (Å²) in [6, 6.07) is 10.8. The smallest absolute Gasteiger partial charge is 0.338 e. The van der Waals surface area contributed by atoms with E-state index in [1.54, 1.807) is 12.1 Å². The second-order valence-corrected chi connectivity index (χ2v) is 10.0. The summed E-state index contributed by atoms with van der Waals surface area (Å²) in [7, 11) is 2.86. The summed E-state index contributed by atoms with van der Waals surface area (Å²) in [6.45, 7) is -1.36. The Morgan fingerprint density at radius 1 is 0.929 bits per heavy atom. The van der Waals surface area contributed by atoms with E-state index in [-0.39, 0.29) is 17.9 Å². The molecule has 2 heterocycles. The molecule has 4 rings (SSSR count). The molecule has 6 N–H and O–H groups in total. The summed E-state index contributed by atoms with van der Waals surface area (Å²) in [5, 5.41) is 61.9. The Morgan fingerprint density at radius 2 is 1.64 bits per heavy atom. The molecule has 2 aromatic carbocycles. The van der Waals surface area contributed by atoms with Gasteiger partial charge in [-0.2, -0.15) is 0 Å². The van der Waals surface area contributed by atoms with Gasteiger partial charge in [-0.1, -0.05) is 12.1 Å². The van der Waals surface area contributed by atoms with Crippen LogP contribution >= 0.6 is 0 Å². The highest BCUT2D eigenvalue weighted by atomic mass is 16.7. The van der Waals surface area contributed by atoms with Crippen molar-refractivity contribution in [2.45, 2.75) is 55.1 Å². The number of carbonyl (C=O) groups is 1. The van der Waals surface area contributed by atoms with Crippen molar-refractivity contribution in [3.8, 4) is 17.2 Å². The molecule has 0 unspecified atom stereocenters. The van der Waals surface area contributed by atoms with E-state index in [1.165, 1.54) is 44.6 Å². The van der Waals surface area contributed by atoms with E-state index in [0.717, 1.165) is 5.56 Å². The van der Waals surface area contributed by atoms with Crippen molar-refractivity contribution in [2.75, 3.05) is 40.6 Å². The first-order valence-electron chi connectivity index (χ1n) is 13.2. The molecule has 0 amide bonds. The Morgan fingerprint density at radius 3 is 2.33 bits per heavy atom. The average Bonchev–Trinajstić information content (AvgIpc) is 3.28. The van der Waals surface area contributed by atoms with Crippen LogP contribution in [0.25, 0.3) is 0 Å². The number of aliphatic hydroxyl groups is 5. The lowest BCUT2D eigenvalue weighted by Crippen LogP contribution is -2.59. The topological polar surface area (TPSA) is 203 Å². The van der Waals surface area contributed by atoms with Crippen molar-refractivity contribution in [1.82, 2.24) is 0 Å². The number of aliphatic hydroxyl groups excluding tert-OH is 4. The van der Waals surface area contributed by atoms with Crippen LogP contribution in [0.5, 0.6) is 17.2 Å². The highest BCUT2D eigenvalue weighted by Crippen LogP contribution is 2.30. The van der Waals surface area contributed by atoms with E-state index in [0.29, 0.717) is 17.9 Å². The third-order valence-corrected chi connectivity index (χ3v) is 7.08. The molecule has 2 saturated heterocycles. The molecule has 42 heavy (non-hydrogen) atoms. The van der Waals surface area contributed by atoms with Gasteiger partial charge in [-0.3, -0.25) is 0 Å². The van der Waals surface area contributed by atoms with Crippen LogP contribution in [-0.2, 0) is 30.1 Å². The SMILES string of the molecule is COc1ccc(C(=O)OC[C@@]2(O)CO[C@@H](OC[C@@H]3O[C@H](OCCc4ccc(O)cc4)[C@H](O)[C@H](O)[C@H]3O)[C@@H]2O)cc1OC. The molecule has 2 aliphatic rings. The summed E-state index contributed by atoms with van der Waals surface area (Å²) in [5.74, 6) is 0.0474. The molecule has 232 valence electrons. The Bertz CT molecular complexity index is 1180. The Kier molecular flexibility index (Phi) is 10.6. The minimum Gasteiger partial charge on any atom is -0.508 e. The van der Waals surface area contributed by atoms with Gasteiger partial charge in [0.25, 0.3) is 0 Å². The van der Waals surface area contributed by atoms with Crippen LogP contribution < -0.4 is 9.47 Å². The number of benzene rings is 2. The van der Waals surface area contributed by atoms with Crippen molar-refractivity contribution in [3.63, 3.8) is 0 Å². The van der Waals surface area contributed by atoms with Crippen LogP contribution in [-0.4, -0.2) is 126 Å². The lowest BCUT2D eigenvalue weighted by molar-refractivity contribution is -0.309. The molecule has 0 radical (unpaired) electrons. The fourth-order valence-electron chi connectivity index (χ4n) is 4.50. The van der Waals surface area contributed by atoms with Gasteiger partial charge in [0.05, 0.1) is 39.6 Å². The maximum atomic E-state index is 12.5. The van der Waals surface area contributed by atoms with Crippen molar-refractivity contribution >= 4 is 5.97 Å². The molecule has 0 aliphatic carbocycles. The molecule has 0 bridgehead atoms. The maximum absolute atomic E-state index is 12.5. The predicted molar refractivity (Wildman–Crippen MR) is 141 cm³/mol. The van der Waals surface area contributed by atoms with Crippen molar-refractivity contribution in [2.24, 2.45) is 0 Å². The minimum absolute atomic E-state index is 0.0996. The highest BCUT2D eigenvalue weighted by molar-refractivity contribution is 5.90. The number of rotatable bonds is 12. The fraction of sp³-hybridized carbons (Fsp3) is 0.536. The second-order valence-electron chi connectivity index (χ2n) is 10.0.